The molecule has 3 aromatic rings. The van der Waals surface area contributed by atoms with Crippen molar-refractivity contribution in [1.82, 2.24) is 0 Å². The van der Waals surface area contributed by atoms with Gasteiger partial charge in [0.1, 0.15) is 0 Å². The van der Waals surface area contributed by atoms with Gasteiger partial charge >= 0.3 is 179 Å². The zero-order chi connectivity index (χ0) is 21.2. The summed E-state index contributed by atoms with van der Waals surface area (Å²) in [6.07, 6.45) is 0. The third-order valence-electron chi connectivity index (χ3n) is 4.88. The molecular formula is C24H21ClO3Sn. The van der Waals surface area contributed by atoms with Crippen LogP contribution in [0.3, 0.4) is 0 Å². The Morgan fingerprint density at radius 2 is 0.724 bits per heavy atom. The third-order valence-corrected chi connectivity index (χ3v) is 16.2. The number of aryl methyl sites for hydroxylation is 3. The van der Waals surface area contributed by atoms with Crippen molar-refractivity contribution < 1.29 is 14.4 Å². The molecule has 29 heavy (non-hydrogen) atoms. The molecule has 0 spiro atoms. The zero-order valence-corrected chi connectivity index (χ0v) is 20.1. The van der Waals surface area contributed by atoms with Crippen molar-refractivity contribution in [2.24, 2.45) is 0 Å². The van der Waals surface area contributed by atoms with Crippen LogP contribution < -0.4 is 0 Å². The van der Waals surface area contributed by atoms with Gasteiger partial charge in [0.2, 0.25) is 0 Å². The van der Waals surface area contributed by atoms with E-state index in [-0.39, 0.29) is 0 Å². The summed E-state index contributed by atoms with van der Waals surface area (Å²) in [6.45, 7) is 5.71. The first kappa shape index (κ1) is 21.5. The fraction of sp³-hybridized carbons (Fsp3) is 0.125. The molecule has 0 N–H and O–H groups in total. The predicted molar refractivity (Wildman–Crippen MR) is 118 cm³/mol. The van der Waals surface area contributed by atoms with E-state index in [0.717, 1.165) is 16.7 Å². The van der Waals surface area contributed by atoms with Crippen molar-refractivity contribution in [2.75, 3.05) is 0 Å². The van der Waals surface area contributed by atoms with E-state index >= 15 is 0 Å². The van der Waals surface area contributed by atoms with E-state index in [1.165, 1.54) is 0 Å². The second-order valence-corrected chi connectivity index (χ2v) is 18.7. The number of carbonyl (C=O) groups excluding carboxylic acids is 3. The summed E-state index contributed by atoms with van der Waals surface area (Å²) in [4.78, 5) is 40.4. The summed E-state index contributed by atoms with van der Waals surface area (Å²) in [6, 6.07) is 20.5. The molecule has 0 radical (unpaired) electrons. The van der Waals surface area contributed by atoms with Gasteiger partial charge in [-0.05, 0) is 0 Å². The molecule has 0 saturated carbocycles. The van der Waals surface area contributed by atoms with Crippen molar-refractivity contribution in [3.8, 4) is 0 Å². The number of rotatable bonds is 6. The molecule has 3 nitrogen and oxygen atoms in total. The Bertz CT molecular complexity index is 929. The summed E-state index contributed by atoms with van der Waals surface area (Å²) in [7, 11) is 6.88. The molecule has 0 saturated heterocycles. The van der Waals surface area contributed by atoms with Crippen LogP contribution in [-0.2, 0) is 0 Å². The molecule has 0 unspecified atom stereocenters. The summed E-state index contributed by atoms with van der Waals surface area (Å²) in [5.74, 6) is 0. The van der Waals surface area contributed by atoms with Crippen LogP contribution in [0.15, 0.2) is 72.8 Å². The van der Waals surface area contributed by atoms with E-state index in [2.05, 4.69) is 0 Å². The van der Waals surface area contributed by atoms with Crippen LogP contribution in [0.5, 0.6) is 0 Å². The Labute approximate surface area is 178 Å². The summed E-state index contributed by atoms with van der Waals surface area (Å²) in [5.41, 5.74) is 3.86. The van der Waals surface area contributed by atoms with Gasteiger partial charge in [0, 0.05) is 0 Å². The average Bonchev–Trinajstić information content (AvgIpc) is 2.73. The average molecular weight is 512 g/mol. The molecule has 0 aliphatic heterocycles. The number of hydrogen-bond acceptors (Lipinski definition) is 3. The second-order valence-electron chi connectivity index (χ2n) is 7.24. The fourth-order valence-corrected chi connectivity index (χ4v) is 11.8. The van der Waals surface area contributed by atoms with Crippen LogP contribution in [0, 0.1) is 20.8 Å². The Kier molecular flexibility index (Phi) is 6.39. The van der Waals surface area contributed by atoms with Gasteiger partial charge < -0.3 is 0 Å². The summed E-state index contributed by atoms with van der Waals surface area (Å²) < 4.78 is -1.55. The molecule has 0 aromatic heterocycles. The Morgan fingerprint density at radius 3 is 0.931 bits per heavy atom. The monoisotopic (exact) mass is 512 g/mol. The third kappa shape index (κ3) is 4.36. The predicted octanol–water partition coefficient (Wildman–Crippen LogP) is 5.36. The molecular weight excluding hydrogens is 490 g/mol. The molecule has 0 aliphatic carbocycles. The van der Waals surface area contributed by atoms with Gasteiger partial charge in [0.05, 0.1) is 0 Å². The van der Waals surface area contributed by atoms with Gasteiger partial charge in [-0.15, -0.1) is 0 Å². The van der Waals surface area contributed by atoms with Crippen LogP contribution >= 0.6 is 8.92 Å². The van der Waals surface area contributed by atoms with Crippen LogP contribution in [0.4, 0.5) is 0 Å². The van der Waals surface area contributed by atoms with E-state index in [9.17, 15) is 14.4 Å². The van der Waals surface area contributed by atoms with E-state index in [0.29, 0.717) is 16.7 Å². The molecule has 0 fully saturated rings. The number of benzene rings is 3. The first-order valence-electron chi connectivity index (χ1n) is 9.27. The second kappa shape index (κ2) is 8.64. The number of carbonyl (C=O) groups is 3. The molecule has 0 heterocycles. The van der Waals surface area contributed by atoms with Gasteiger partial charge in [-0.3, -0.25) is 0 Å². The van der Waals surface area contributed by atoms with Gasteiger partial charge in [-0.2, -0.15) is 0 Å². The van der Waals surface area contributed by atoms with Gasteiger partial charge in [0.15, 0.2) is 0 Å². The molecule has 0 aliphatic rings. The van der Waals surface area contributed by atoms with Crippen LogP contribution in [0.25, 0.3) is 0 Å². The van der Waals surface area contributed by atoms with E-state index in [4.69, 9.17) is 8.92 Å². The van der Waals surface area contributed by atoms with Crippen molar-refractivity contribution in [1.29, 1.82) is 0 Å². The first-order valence-corrected chi connectivity index (χ1v) is 17.2. The Balaban J connectivity index is 2.13. The molecule has 5 heteroatoms. The maximum absolute atomic E-state index is 13.5. The van der Waals surface area contributed by atoms with E-state index in [1.54, 1.807) is 72.8 Å². The van der Waals surface area contributed by atoms with Crippen molar-refractivity contribution in [3.63, 3.8) is 0 Å². The molecule has 3 rings (SSSR count). The standard InChI is InChI=1S/3C8H7O.ClH.Sn/c3*1-7-2-4-8(6-9)5-3-7;;/h3*2-5H,1H3;1H;/q;;;;+1/p-1. The van der Waals surface area contributed by atoms with Crippen molar-refractivity contribution in [2.45, 2.75) is 20.8 Å². The normalized spacial score (nSPS) is 11.2. The molecule has 0 bridgehead atoms. The van der Waals surface area contributed by atoms with Crippen molar-refractivity contribution >= 4 is 37.6 Å². The zero-order valence-electron chi connectivity index (χ0n) is 16.5. The fourth-order valence-electron chi connectivity index (χ4n) is 3.02. The molecule has 0 atom stereocenters. The summed E-state index contributed by atoms with van der Waals surface area (Å²) in [5, 5.41) is 0. The minimum absolute atomic E-state index is 0.308. The van der Waals surface area contributed by atoms with Crippen LogP contribution in [-0.4, -0.2) is 28.6 Å². The minimum atomic E-state index is -5.25. The van der Waals surface area contributed by atoms with E-state index < -0.39 is 28.6 Å². The van der Waals surface area contributed by atoms with Crippen molar-refractivity contribution in [3.05, 3.63) is 106 Å². The van der Waals surface area contributed by atoms with Gasteiger partial charge in [0.25, 0.3) is 0 Å². The topological polar surface area (TPSA) is 51.2 Å². The molecule has 3 aromatic carbocycles. The van der Waals surface area contributed by atoms with Gasteiger partial charge in [-0.1, -0.05) is 0 Å². The quantitative estimate of drug-likeness (QED) is 0.419. The molecule has 146 valence electrons. The Morgan fingerprint density at radius 1 is 0.517 bits per heavy atom. The SMILES string of the molecule is Cc1ccc([C](=O)[Sn]([Cl])([C](=O)c2ccc(C)cc2)[C](=O)c2ccc(C)cc2)cc1. The number of hydrogen-bond donors (Lipinski definition) is 0. The first-order chi connectivity index (χ1) is 13.7. The Hall–Kier alpha value is -2.24. The van der Waals surface area contributed by atoms with Crippen LogP contribution in [0.2, 0.25) is 0 Å². The number of halogens is 1. The van der Waals surface area contributed by atoms with E-state index in [1.807, 2.05) is 20.8 Å². The maximum atomic E-state index is 13.5. The van der Waals surface area contributed by atoms with Crippen LogP contribution in [0.1, 0.15) is 47.8 Å². The molecule has 0 amide bonds. The summed E-state index contributed by atoms with van der Waals surface area (Å²) >= 11 is -5.25. The van der Waals surface area contributed by atoms with Gasteiger partial charge in [-0.25, -0.2) is 0 Å².